The number of hydrogen-bond donors (Lipinski definition) is 1. The maximum atomic E-state index is 3.46. The SMILES string of the molecule is CN(C)c1ccc2c(c1)CN(C1CCNCC1)CC2. The van der Waals surface area contributed by atoms with Crippen LogP contribution in [0.4, 0.5) is 5.69 Å². The third kappa shape index (κ3) is 2.77. The van der Waals surface area contributed by atoms with E-state index in [-0.39, 0.29) is 0 Å². The van der Waals surface area contributed by atoms with Crippen molar-refractivity contribution in [1.29, 1.82) is 0 Å². The molecule has 0 saturated carbocycles. The first-order valence-electron chi connectivity index (χ1n) is 7.48. The minimum atomic E-state index is 0.789. The van der Waals surface area contributed by atoms with Crippen molar-refractivity contribution in [3.63, 3.8) is 0 Å². The molecule has 3 heteroatoms. The van der Waals surface area contributed by atoms with Crippen LogP contribution in [0.1, 0.15) is 24.0 Å². The number of piperidine rings is 1. The maximum absolute atomic E-state index is 3.46. The summed E-state index contributed by atoms with van der Waals surface area (Å²) in [4.78, 5) is 4.90. The molecule has 0 amide bonds. The minimum absolute atomic E-state index is 0.789. The molecule has 0 radical (unpaired) electrons. The Morgan fingerprint density at radius 2 is 1.95 bits per heavy atom. The van der Waals surface area contributed by atoms with Crippen molar-refractivity contribution in [2.24, 2.45) is 0 Å². The quantitative estimate of drug-likeness (QED) is 0.874. The lowest BCUT2D eigenvalue weighted by Crippen LogP contribution is -2.45. The van der Waals surface area contributed by atoms with Crippen LogP contribution in [0.15, 0.2) is 18.2 Å². The molecule has 1 aromatic rings. The lowest BCUT2D eigenvalue weighted by atomic mass is 9.95. The zero-order valence-electron chi connectivity index (χ0n) is 12.2. The summed E-state index contributed by atoms with van der Waals surface area (Å²) in [6, 6.07) is 7.74. The predicted octanol–water partition coefficient (Wildman–Crippen LogP) is 1.86. The van der Waals surface area contributed by atoms with E-state index in [4.69, 9.17) is 0 Å². The Labute approximate surface area is 116 Å². The van der Waals surface area contributed by atoms with Gasteiger partial charge in [0.1, 0.15) is 0 Å². The molecule has 0 spiro atoms. The third-order valence-corrected chi connectivity index (χ3v) is 4.57. The molecule has 3 rings (SSSR count). The molecule has 104 valence electrons. The molecule has 0 unspecified atom stereocenters. The highest BCUT2D eigenvalue weighted by molar-refractivity contribution is 5.50. The summed E-state index contributed by atoms with van der Waals surface area (Å²) in [5.41, 5.74) is 4.41. The topological polar surface area (TPSA) is 18.5 Å². The van der Waals surface area contributed by atoms with Gasteiger partial charge in [0.15, 0.2) is 0 Å². The van der Waals surface area contributed by atoms with Gasteiger partial charge in [0.2, 0.25) is 0 Å². The summed E-state index contributed by atoms with van der Waals surface area (Å²) in [7, 11) is 4.24. The molecule has 2 aliphatic heterocycles. The second-order valence-electron chi connectivity index (χ2n) is 6.05. The minimum Gasteiger partial charge on any atom is -0.378 e. The van der Waals surface area contributed by atoms with Crippen molar-refractivity contribution >= 4 is 5.69 Å². The largest absolute Gasteiger partial charge is 0.378 e. The lowest BCUT2D eigenvalue weighted by Gasteiger charge is -2.38. The van der Waals surface area contributed by atoms with E-state index in [1.54, 1.807) is 5.56 Å². The molecule has 1 saturated heterocycles. The lowest BCUT2D eigenvalue weighted by molar-refractivity contribution is 0.147. The van der Waals surface area contributed by atoms with E-state index in [0.29, 0.717) is 0 Å². The van der Waals surface area contributed by atoms with Gasteiger partial charge < -0.3 is 10.2 Å². The van der Waals surface area contributed by atoms with Crippen LogP contribution in [0.5, 0.6) is 0 Å². The highest BCUT2D eigenvalue weighted by atomic mass is 15.2. The molecular formula is C16H25N3. The summed E-state index contributed by atoms with van der Waals surface area (Å²) in [6.07, 6.45) is 3.83. The monoisotopic (exact) mass is 259 g/mol. The Bertz CT molecular complexity index is 436. The molecule has 1 aromatic carbocycles. The van der Waals surface area contributed by atoms with Crippen LogP contribution in [0.3, 0.4) is 0 Å². The van der Waals surface area contributed by atoms with Gasteiger partial charge in [-0.15, -0.1) is 0 Å². The zero-order valence-corrected chi connectivity index (χ0v) is 12.2. The molecule has 0 aliphatic carbocycles. The van der Waals surface area contributed by atoms with Gasteiger partial charge in [-0.25, -0.2) is 0 Å². The number of nitrogens with one attached hydrogen (secondary N) is 1. The fraction of sp³-hybridized carbons (Fsp3) is 0.625. The van der Waals surface area contributed by atoms with Gasteiger partial charge in [0, 0.05) is 38.9 Å². The van der Waals surface area contributed by atoms with E-state index in [0.717, 1.165) is 12.6 Å². The zero-order chi connectivity index (χ0) is 13.2. The first kappa shape index (κ1) is 12.9. The number of nitrogens with zero attached hydrogens (tertiary/aromatic N) is 2. The van der Waals surface area contributed by atoms with E-state index in [9.17, 15) is 0 Å². The van der Waals surface area contributed by atoms with Gasteiger partial charge >= 0.3 is 0 Å². The van der Waals surface area contributed by atoms with Gasteiger partial charge in [-0.2, -0.15) is 0 Å². The molecular weight excluding hydrogens is 234 g/mol. The summed E-state index contributed by atoms with van der Waals surface area (Å²) in [6.45, 7) is 4.75. The molecule has 0 aromatic heterocycles. The van der Waals surface area contributed by atoms with Gasteiger partial charge in [-0.1, -0.05) is 6.07 Å². The second kappa shape index (κ2) is 5.51. The van der Waals surface area contributed by atoms with Crippen LogP contribution in [-0.2, 0) is 13.0 Å². The number of anilines is 1. The molecule has 0 bridgehead atoms. The predicted molar refractivity (Wildman–Crippen MR) is 80.8 cm³/mol. The van der Waals surface area contributed by atoms with Gasteiger partial charge in [0.25, 0.3) is 0 Å². The summed E-state index contributed by atoms with van der Waals surface area (Å²) in [5.74, 6) is 0. The van der Waals surface area contributed by atoms with Gasteiger partial charge in [-0.05, 0) is 55.6 Å². The number of fused-ring (bicyclic) bond motifs is 1. The maximum Gasteiger partial charge on any atom is 0.0364 e. The Hall–Kier alpha value is -1.06. The standard InChI is InChI=1S/C16H25N3/c1-18(2)16-4-3-13-7-10-19(12-14(13)11-16)15-5-8-17-9-6-15/h3-4,11,15,17H,5-10,12H2,1-2H3. The fourth-order valence-corrected chi connectivity index (χ4v) is 3.33. The third-order valence-electron chi connectivity index (χ3n) is 4.57. The Balaban J connectivity index is 1.76. The summed E-state index contributed by atoms with van der Waals surface area (Å²) in [5, 5.41) is 3.46. The average Bonchev–Trinajstić information content (AvgIpc) is 2.47. The number of hydrogen-bond acceptors (Lipinski definition) is 3. The second-order valence-corrected chi connectivity index (χ2v) is 6.05. The van der Waals surface area contributed by atoms with Crippen LogP contribution in [-0.4, -0.2) is 44.7 Å². The first-order chi connectivity index (χ1) is 9.24. The molecule has 0 atom stereocenters. The highest BCUT2D eigenvalue weighted by Crippen LogP contribution is 2.26. The van der Waals surface area contributed by atoms with Gasteiger partial charge in [0.05, 0.1) is 0 Å². The Kier molecular flexibility index (Phi) is 3.76. The number of benzene rings is 1. The Morgan fingerprint density at radius 3 is 2.68 bits per heavy atom. The van der Waals surface area contributed by atoms with Crippen molar-refractivity contribution in [2.45, 2.75) is 31.8 Å². The molecule has 3 nitrogen and oxygen atoms in total. The van der Waals surface area contributed by atoms with Crippen LogP contribution in [0.25, 0.3) is 0 Å². The van der Waals surface area contributed by atoms with Crippen LogP contribution in [0.2, 0.25) is 0 Å². The fourth-order valence-electron chi connectivity index (χ4n) is 3.33. The molecule has 1 N–H and O–H groups in total. The van der Waals surface area contributed by atoms with Crippen LogP contribution >= 0.6 is 0 Å². The highest BCUT2D eigenvalue weighted by Gasteiger charge is 2.24. The van der Waals surface area contributed by atoms with Crippen LogP contribution < -0.4 is 10.2 Å². The molecule has 1 fully saturated rings. The van der Waals surface area contributed by atoms with Crippen LogP contribution in [0, 0.1) is 0 Å². The van der Waals surface area contributed by atoms with Crippen molar-refractivity contribution in [3.05, 3.63) is 29.3 Å². The summed E-state index contributed by atoms with van der Waals surface area (Å²) >= 11 is 0. The number of rotatable bonds is 2. The van der Waals surface area contributed by atoms with E-state index in [1.165, 1.54) is 50.1 Å². The van der Waals surface area contributed by atoms with Gasteiger partial charge in [-0.3, -0.25) is 4.90 Å². The smallest absolute Gasteiger partial charge is 0.0364 e. The van der Waals surface area contributed by atoms with E-state index in [1.807, 2.05) is 0 Å². The van der Waals surface area contributed by atoms with E-state index in [2.05, 4.69) is 47.4 Å². The van der Waals surface area contributed by atoms with Crippen molar-refractivity contribution in [3.8, 4) is 0 Å². The average molecular weight is 259 g/mol. The van der Waals surface area contributed by atoms with Crippen molar-refractivity contribution < 1.29 is 0 Å². The molecule has 19 heavy (non-hydrogen) atoms. The molecule has 2 aliphatic rings. The summed E-state index contributed by atoms with van der Waals surface area (Å²) < 4.78 is 0. The van der Waals surface area contributed by atoms with E-state index >= 15 is 0 Å². The van der Waals surface area contributed by atoms with Crippen molar-refractivity contribution in [2.75, 3.05) is 38.6 Å². The Morgan fingerprint density at radius 1 is 1.16 bits per heavy atom. The normalized spacial score (nSPS) is 21.2. The van der Waals surface area contributed by atoms with Crippen molar-refractivity contribution in [1.82, 2.24) is 10.2 Å². The first-order valence-corrected chi connectivity index (χ1v) is 7.48. The molecule has 2 heterocycles. The van der Waals surface area contributed by atoms with E-state index < -0.39 is 0 Å².